The van der Waals surface area contributed by atoms with Gasteiger partial charge in [0.05, 0.1) is 21.3 Å². The molecule has 2 aromatic carbocycles. The number of aryl methyl sites for hydroxylation is 1. The highest BCUT2D eigenvalue weighted by Crippen LogP contribution is 2.41. The molecule has 1 aliphatic rings. The lowest BCUT2D eigenvalue weighted by Crippen LogP contribution is -2.00. The van der Waals surface area contributed by atoms with Gasteiger partial charge in [0.1, 0.15) is 5.75 Å². The largest absolute Gasteiger partial charge is 0.497 e. The fourth-order valence-electron chi connectivity index (χ4n) is 3.28. The molecule has 3 nitrogen and oxygen atoms in total. The van der Waals surface area contributed by atoms with E-state index in [4.69, 9.17) is 14.2 Å². The SMILES string of the molecule is COc1ccc(C[C@H]2CCc3cc(OC)c(OC)cc32)cc1. The van der Waals surface area contributed by atoms with Crippen LogP contribution < -0.4 is 14.2 Å². The third kappa shape index (κ3) is 2.76. The summed E-state index contributed by atoms with van der Waals surface area (Å²) in [5, 5.41) is 0. The van der Waals surface area contributed by atoms with Crippen molar-refractivity contribution < 1.29 is 14.2 Å². The molecule has 0 aliphatic heterocycles. The Kier molecular flexibility index (Phi) is 4.23. The summed E-state index contributed by atoms with van der Waals surface area (Å²) in [7, 11) is 5.08. The molecule has 0 saturated heterocycles. The molecule has 1 aliphatic carbocycles. The first-order valence-electron chi connectivity index (χ1n) is 7.63. The smallest absolute Gasteiger partial charge is 0.161 e. The maximum absolute atomic E-state index is 5.45. The van der Waals surface area contributed by atoms with Crippen molar-refractivity contribution in [1.82, 2.24) is 0 Å². The van der Waals surface area contributed by atoms with Gasteiger partial charge in [-0.1, -0.05) is 12.1 Å². The molecule has 3 heteroatoms. The Balaban J connectivity index is 1.83. The van der Waals surface area contributed by atoms with Crippen LogP contribution in [-0.4, -0.2) is 21.3 Å². The second-order valence-electron chi connectivity index (χ2n) is 5.69. The molecule has 3 rings (SSSR count). The number of rotatable bonds is 5. The molecule has 0 bridgehead atoms. The lowest BCUT2D eigenvalue weighted by Gasteiger charge is -2.15. The average Bonchev–Trinajstić information content (AvgIpc) is 2.96. The molecule has 1 atom stereocenters. The topological polar surface area (TPSA) is 27.7 Å². The van der Waals surface area contributed by atoms with Crippen molar-refractivity contribution in [2.45, 2.75) is 25.2 Å². The molecule has 0 spiro atoms. The van der Waals surface area contributed by atoms with Crippen LogP contribution in [0.25, 0.3) is 0 Å². The van der Waals surface area contributed by atoms with Crippen LogP contribution in [0.5, 0.6) is 17.2 Å². The summed E-state index contributed by atoms with van der Waals surface area (Å²) in [6, 6.07) is 12.6. The van der Waals surface area contributed by atoms with Gasteiger partial charge in [0.25, 0.3) is 0 Å². The van der Waals surface area contributed by atoms with E-state index in [1.54, 1.807) is 21.3 Å². The van der Waals surface area contributed by atoms with Gasteiger partial charge in [-0.2, -0.15) is 0 Å². The van der Waals surface area contributed by atoms with E-state index in [0.29, 0.717) is 5.92 Å². The van der Waals surface area contributed by atoms with Crippen LogP contribution in [0.3, 0.4) is 0 Å². The van der Waals surface area contributed by atoms with E-state index in [0.717, 1.165) is 30.1 Å². The zero-order valence-corrected chi connectivity index (χ0v) is 13.4. The molecule has 0 aromatic heterocycles. The standard InChI is InChI=1S/C19H22O3/c1-20-16-8-4-13(5-9-16)10-14-6-7-15-11-18(21-2)19(22-3)12-17(14)15/h4-5,8-9,11-12,14H,6-7,10H2,1-3H3/t14-/m1/s1. The molecule has 0 fully saturated rings. The summed E-state index contributed by atoms with van der Waals surface area (Å²) in [5.41, 5.74) is 4.12. The maximum Gasteiger partial charge on any atom is 0.161 e. The Morgan fingerprint density at radius 1 is 0.909 bits per heavy atom. The van der Waals surface area contributed by atoms with Crippen molar-refractivity contribution in [3.8, 4) is 17.2 Å². The van der Waals surface area contributed by atoms with E-state index in [-0.39, 0.29) is 0 Å². The normalized spacial score (nSPS) is 16.2. The van der Waals surface area contributed by atoms with Crippen molar-refractivity contribution in [2.75, 3.05) is 21.3 Å². The summed E-state index contributed by atoms with van der Waals surface area (Å²) in [5.74, 6) is 3.10. The Bertz CT molecular complexity index is 646. The monoisotopic (exact) mass is 298 g/mol. The Hall–Kier alpha value is -2.16. The summed E-state index contributed by atoms with van der Waals surface area (Å²) < 4.78 is 16.1. The number of hydrogen-bond donors (Lipinski definition) is 0. The van der Waals surface area contributed by atoms with Gasteiger partial charge < -0.3 is 14.2 Å². The van der Waals surface area contributed by atoms with Crippen LogP contribution in [0.4, 0.5) is 0 Å². The first kappa shape index (κ1) is 14.8. The van der Waals surface area contributed by atoms with Gasteiger partial charge in [-0.3, -0.25) is 0 Å². The molecule has 2 aromatic rings. The zero-order valence-electron chi connectivity index (χ0n) is 13.4. The van der Waals surface area contributed by atoms with E-state index in [9.17, 15) is 0 Å². The number of hydrogen-bond acceptors (Lipinski definition) is 3. The lowest BCUT2D eigenvalue weighted by molar-refractivity contribution is 0.354. The van der Waals surface area contributed by atoms with Gasteiger partial charge in [-0.05, 0) is 66.1 Å². The third-order valence-corrected chi connectivity index (χ3v) is 4.49. The van der Waals surface area contributed by atoms with Gasteiger partial charge in [0, 0.05) is 0 Å². The number of fused-ring (bicyclic) bond motifs is 1. The summed E-state index contributed by atoms with van der Waals surface area (Å²) >= 11 is 0. The minimum Gasteiger partial charge on any atom is -0.497 e. The molecule has 0 saturated carbocycles. The van der Waals surface area contributed by atoms with Crippen LogP contribution in [0.1, 0.15) is 29.0 Å². The highest BCUT2D eigenvalue weighted by molar-refractivity contribution is 5.51. The predicted molar refractivity (Wildman–Crippen MR) is 87.3 cm³/mol. The fourth-order valence-corrected chi connectivity index (χ4v) is 3.28. The summed E-state index contributed by atoms with van der Waals surface area (Å²) in [4.78, 5) is 0. The van der Waals surface area contributed by atoms with Crippen molar-refractivity contribution >= 4 is 0 Å². The quantitative estimate of drug-likeness (QED) is 0.835. The van der Waals surface area contributed by atoms with Crippen molar-refractivity contribution in [1.29, 1.82) is 0 Å². The van der Waals surface area contributed by atoms with Crippen LogP contribution in [0.2, 0.25) is 0 Å². The van der Waals surface area contributed by atoms with E-state index in [1.807, 2.05) is 12.1 Å². The molecule has 0 unspecified atom stereocenters. The lowest BCUT2D eigenvalue weighted by atomic mass is 9.93. The molecular formula is C19H22O3. The first-order valence-corrected chi connectivity index (χ1v) is 7.63. The molecule has 22 heavy (non-hydrogen) atoms. The molecule has 0 amide bonds. The minimum absolute atomic E-state index is 0.545. The van der Waals surface area contributed by atoms with E-state index >= 15 is 0 Å². The van der Waals surface area contributed by atoms with Crippen molar-refractivity contribution in [3.05, 3.63) is 53.1 Å². The van der Waals surface area contributed by atoms with Crippen molar-refractivity contribution in [2.24, 2.45) is 0 Å². The molecular weight excluding hydrogens is 276 g/mol. The highest BCUT2D eigenvalue weighted by Gasteiger charge is 2.25. The summed E-state index contributed by atoms with van der Waals surface area (Å²) in [6.45, 7) is 0. The van der Waals surface area contributed by atoms with E-state index < -0.39 is 0 Å². The van der Waals surface area contributed by atoms with Gasteiger partial charge in [-0.25, -0.2) is 0 Å². The number of methoxy groups -OCH3 is 3. The number of ether oxygens (including phenoxy) is 3. The van der Waals surface area contributed by atoms with Gasteiger partial charge in [0.2, 0.25) is 0 Å². The van der Waals surface area contributed by atoms with Gasteiger partial charge in [0.15, 0.2) is 11.5 Å². The second-order valence-corrected chi connectivity index (χ2v) is 5.69. The molecule has 116 valence electrons. The Morgan fingerprint density at radius 3 is 2.23 bits per heavy atom. The highest BCUT2D eigenvalue weighted by atomic mass is 16.5. The second kappa shape index (κ2) is 6.30. The molecule has 0 N–H and O–H groups in total. The van der Waals surface area contributed by atoms with Crippen LogP contribution in [-0.2, 0) is 12.8 Å². The van der Waals surface area contributed by atoms with E-state index in [1.165, 1.54) is 23.1 Å². The fraction of sp³-hybridized carbons (Fsp3) is 0.368. The predicted octanol–water partition coefficient (Wildman–Crippen LogP) is 3.98. The molecule has 0 heterocycles. The van der Waals surface area contributed by atoms with Crippen LogP contribution in [0.15, 0.2) is 36.4 Å². The first-order chi connectivity index (χ1) is 10.7. The van der Waals surface area contributed by atoms with Gasteiger partial charge in [-0.15, -0.1) is 0 Å². The zero-order chi connectivity index (χ0) is 15.5. The maximum atomic E-state index is 5.45. The minimum atomic E-state index is 0.545. The van der Waals surface area contributed by atoms with Crippen LogP contribution >= 0.6 is 0 Å². The average molecular weight is 298 g/mol. The van der Waals surface area contributed by atoms with Gasteiger partial charge >= 0.3 is 0 Å². The Morgan fingerprint density at radius 2 is 1.59 bits per heavy atom. The Labute approximate surface area is 131 Å². The van der Waals surface area contributed by atoms with E-state index in [2.05, 4.69) is 24.3 Å². The van der Waals surface area contributed by atoms with Crippen LogP contribution in [0, 0.1) is 0 Å². The molecule has 0 radical (unpaired) electrons. The summed E-state index contributed by atoms with van der Waals surface area (Å²) in [6.07, 6.45) is 3.33. The third-order valence-electron chi connectivity index (χ3n) is 4.49. The number of benzene rings is 2. The van der Waals surface area contributed by atoms with Crippen molar-refractivity contribution in [3.63, 3.8) is 0 Å².